The van der Waals surface area contributed by atoms with E-state index in [9.17, 15) is 4.79 Å². The average molecular weight is 409 g/mol. The van der Waals surface area contributed by atoms with Crippen LogP contribution >= 0.6 is 11.6 Å². The zero-order valence-electron chi connectivity index (χ0n) is 17.0. The first-order valence-corrected chi connectivity index (χ1v) is 10.2. The van der Waals surface area contributed by atoms with Crippen LogP contribution in [0.5, 0.6) is 0 Å². The molecule has 0 amide bonds. The van der Waals surface area contributed by atoms with Crippen LogP contribution in [0.1, 0.15) is 18.1 Å². The monoisotopic (exact) mass is 408 g/mol. The Balaban J connectivity index is 1.75. The van der Waals surface area contributed by atoms with Gasteiger partial charge < -0.3 is 14.8 Å². The predicted molar refractivity (Wildman–Crippen MR) is 121 cm³/mol. The number of hydrogen-bond donors (Lipinski definition) is 1. The highest BCUT2D eigenvalue weighted by atomic mass is 35.5. The van der Waals surface area contributed by atoms with Gasteiger partial charge in [0.05, 0.1) is 27.7 Å². The van der Waals surface area contributed by atoms with Gasteiger partial charge >= 0.3 is 0 Å². The molecule has 4 rings (SSSR count). The van der Waals surface area contributed by atoms with E-state index in [2.05, 4.69) is 21.8 Å². The summed E-state index contributed by atoms with van der Waals surface area (Å²) < 4.78 is 0. The first kappa shape index (κ1) is 19.7. The topological polar surface area (TPSA) is 51.7 Å². The van der Waals surface area contributed by atoms with Crippen LogP contribution in [0.15, 0.2) is 52.3 Å². The van der Waals surface area contributed by atoms with Gasteiger partial charge in [-0.05, 0) is 44.7 Å². The maximum atomic E-state index is 12.6. The molecule has 0 bridgehead atoms. The number of aromatic nitrogens is 1. The fourth-order valence-electron chi connectivity index (χ4n) is 3.84. The van der Waals surface area contributed by atoms with Crippen molar-refractivity contribution in [3.05, 3.63) is 69.0 Å². The summed E-state index contributed by atoms with van der Waals surface area (Å²) in [5.74, 6) is 0. The summed E-state index contributed by atoms with van der Waals surface area (Å²) in [6.45, 7) is 7.78. The zero-order chi connectivity index (χ0) is 20.5. The number of aliphatic imine (C=N–C) groups is 1. The van der Waals surface area contributed by atoms with Crippen molar-refractivity contribution in [2.24, 2.45) is 4.99 Å². The van der Waals surface area contributed by atoms with Crippen molar-refractivity contribution in [3.8, 4) is 11.3 Å². The maximum Gasteiger partial charge on any atom is 0.258 e. The Labute approximate surface area is 176 Å². The summed E-state index contributed by atoms with van der Waals surface area (Å²) in [5.41, 5.74) is 5.74. The van der Waals surface area contributed by atoms with E-state index in [0.717, 1.165) is 59.4 Å². The molecule has 3 aliphatic rings. The molecule has 1 aromatic rings. The molecule has 29 heavy (non-hydrogen) atoms. The van der Waals surface area contributed by atoms with Crippen LogP contribution in [-0.2, 0) is 0 Å². The third-order valence-corrected chi connectivity index (χ3v) is 5.84. The highest BCUT2D eigenvalue weighted by Gasteiger charge is 2.19. The molecule has 0 unspecified atom stereocenters. The van der Waals surface area contributed by atoms with Crippen LogP contribution in [0, 0.1) is 6.92 Å². The summed E-state index contributed by atoms with van der Waals surface area (Å²) >= 11 is 6.57. The van der Waals surface area contributed by atoms with Crippen molar-refractivity contribution in [3.63, 3.8) is 0 Å². The van der Waals surface area contributed by atoms with Crippen molar-refractivity contribution in [1.29, 1.82) is 0 Å². The van der Waals surface area contributed by atoms with Gasteiger partial charge in [-0.2, -0.15) is 0 Å². The Bertz CT molecular complexity index is 1100. The number of anilines is 1. The van der Waals surface area contributed by atoms with Crippen LogP contribution < -0.4 is 10.5 Å². The molecule has 1 aromatic carbocycles. The van der Waals surface area contributed by atoms with Gasteiger partial charge in [0.2, 0.25) is 0 Å². The van der Waals surface area contributed by atoms with Gasteiger partial charge in [-0.3, -0.25) is 9.79 Å². The number of likely N-dealkylation sites (N-methyl/N-ethyl adjacent to an activating group) is 1. The third kappa shape index (κ3) is 3.93. The molecule has 0 atom stereocenters. The molecule has 6 heteroatoms. The quantitative estimate of drug-likeness (QED) is 0.656. The Morgan fingerprint density at radius 3 is 2.59 bits per heavy atom. The van der Waals surface area contributed by atoms with Crippen molar-refractivity contribution in [2.75, 3.05) is 38.1 Å². The number of halogens is 1. The Hall–Kier alpha value is -2.63. The number of H-pyrrole nitrogens is 1. The number of benzene rings is 1. The second-order valence-corrected chi connectivity index (χ2v) is 8.05. The fourth-order valence-corrected chi connectivity index (χ4v) is 4.18. The first-order chi connectivity index (χ1) is 13.9. The van der Waals surface area contributed by atoms with E-state index < -0.39 is 0 Å². The number of aromatic amines is 1. The molecular formula is C23H25ClN4O. The van der Waals surface area contributed by atoms with Gasteiger partial charge in [-0.15, -0.1) is 0 Å². The lowest BCUT2D eigenvalue weighted by atomic mass is 10.1. The van der Waals surface area contributed by atoms with Crippen LogP contribution in [-0.4, -0.2) is 48.8 Å². The normalized spacial score (nSPS) is 15.9. The van der Waals surface area contributed by atoms with E-state index in [-0.39, 0.29) is 5.56 Å². The van der Waals surface area contributed by atoms with Gasteiger partial charge in [-0.1, -0.05) is 35.9 Å². The molecule has 0 saturated carbocycles. The number of nitrogens with one attached hydrogen (secondary N) is 1. The second kappa shape index (κ2) is 8.01. The summed E-state index contributed by atoms with van der Waals surface area (Å²) in [6, 6.07) is 13.7. The second-order valence-electron chi connectivity index (χ2n) is 7.64. The van der Waals surface area contributed by atoms with E-state index in [1.54, 1.807) is 0 Å². The maximum absolute atomic E-state index is 12.6. The Morgan fingerprint density at radius 1 is 1.10 bits per heavy atom. The molecule has 0 aromatic heterocycles. The molecule has 1 N–H and O–H groups in total. The van der Waals surface area contributed by atoms with Gasteiger partial charge in [0.1, 0.15) is 0 Å². The smallest absolute Gasteiger partial charge is 0.258 e. The molecule has 0 spiro atoms. The van der Waals surface area contributed by atoms with Gasteiger partial charge in [0, 0.05) is 37.4 Å². The minimum atomic E-state index is -0.113. The number of aryl methyl sites for hydroxylation is 1. The molecule has 2 heterocycles. The number of rotatable bonds is 3. The van der Waals surface area contributed by atoms with Crippen molar-refractivity contribution < 1.29 is 0 Å². The van der Waals surface area contributed by atoms with Gasteiger partial charge in [0.25, 0.3) is 5.56 Å². The third-order valence-electron chi connectivity index (χ3n) is 5.54. The molecule has 1 saturated heterocycles. The summed E-state index contributed by atoms with van der Waals surface area (Å²) in [4.78, 5) is 25.0. The number of hydrogen-bond acceptors (Lipinski definition) is 4. The minimum absolute atomic E-state index is 0.113. The molecule has 5 nitrogen and oxygen atoms in total. The van der Waals surface area contributed by atoms with Crippen LogP contribution in [0.2, 0.25) is 5.02 Å². The molecule has 2 aliphatic heterocycles. The minimum Gasteiger partial charge on any atom is -0.368 e. The van der Waals surface area contributed by atoms with Crippen LogP contribution in [0.25, 0.3) is 11.3 Å². The zero-order valence-corrected chi connectivity index (χ0v) is 17.8. The van der Waals surface area contributed by atoms with E-state index in [1.165, 1.54) is 0 Å². The Morgan fingerprint density at radius 2 is 1.83 bits per heavy atom. The lowest BCUT2D eigenvalue weighted by molar-refractivity contribution is 0.313. The lowest BCUT2D eigenvalue weighted by Gasteiger charge is -2.34. The SMILES string of the molecule is CC(=Nc1cc(N2CCN(C)CC2)c(Cl)cc1C)c1c2cccccc-2[nH]c1=O. The standard InChI is InChI=1S/C23H25ClN4O/c1-15-13-18(24)21(28-11-9-27(3)10-12-28)14-20(15)25-16(2)22-17-7-5-4-6-8-19(17)26-23(22)29/h4-8,13-14H,9-12H2,1-3H3,(H,26,29). The average Bonchev–Trinajstić information content (AvgIpc) is 2.84. The van der Waals surface area contributed by atoms with E-state index >= 15 is 0 Å². The molecule has 150 valence electrons. The van der Waals surface area contributed by atoms with Crippen molar-refractivity contribution in [2.45, 2.75) is 13.8 Å². The molecule has 0 radical (unpaired) electrons. The van der Waals surface area contributed by atoms with Crippen molar-refractivity contribution >= 4 is 28.7 Å². The molecule has 1 fully saturated rings. The number of nitrogens with zero attached hydrogens (tertiary/aromatic N) is 3. The van der Waals surface area contributed by atoms with Crippen LogP contribution in [0.3, 0.4) is 0 Å². The summed E-state index contributed by atoms with van der Waals surface area (Å²) in [7, 11) is 2.13. The number of fused-ring (bicyclic) bond motifs is 1. The highest BCUT2D eigenvalue weighted by molar-refractivity contribution is 6.33. The first-order valence-electron chi connectivity index (χ1n) is 9.84. The molecule has 1 aliphatic carbocycles. The molecular weight excluding hydrogens is 384 g/mol. The van der Waals surface area contributed by atoms with E-state index in [1.807, 2.05) is 56.3 Å². The highest BCUT2D eigenvalue weighted by Crippen LogP contribution is 2.34. The predicted octanol–water partition coefficient (Wildman–Crippen LogP) is 4.33. The summed E-state index contributed by atoms with van der Waals surface area (Å²) in [5, 5.41) is 0.743. The fraction of sp³-hybridized carbons (Fsp3) is 0.304. The number of piperazine rings is 1. The van der Waals surface area contributed by atoms with E-state index in [0.29, 0.717) is 11.3 Å². The van der Waals surface area contributed by atoms with Gasteiger partial charge in [-0.25, -0.2) is 0 Å². The lowest BCUT2D eigenvalue weighted by Crippen LogP contribution is -2.44. The van der Waals surface area contributed by atoms with E-state index in [4.69, 9.17) is 16.6 Å². The van der Waals surface area contributed by atoms with Gasteiger partial charge in [0.15, 0.2) is 0 Å². The summed E-state index contributed by atoms with van der Waals surface area (Å²) in [6.07, 6.45) is 0. The van der Waals surface area contributed by atoms with Crippen LogP contribution in [0.4, 0.5) is 11.4 Å². The Kier molecular flexibility index (Phi) is 5.43. The largest absolute Gasteiger partial charge is 0.368 e. The van der Waals surface area contributed by atoms with Crippen molar-refractivity contribution in [1.82, 2.24) is 9.88 Å².